The number of fused-ring (bicyclic) bond motifs is 3. The second-order valence-electron chi connectivity index (χ2n) is 7.95. The Balaban J connectivity index is 1.72. The van der Waals surface area contributed by atoms with E-state index in [0.717, 1.165) is 44.3 Å². The number of thioether (sulfide) groups is 1. The summed E-state index contributed by atoms with van der Waals surface area (Å²) in [5, 5.41) is 9.78. The fourth-order valence-corrected chi connectivity index (χ4v) is 5.02. The van der Waals surface area contributed by atoms with Crippen LogP contribution in [0.1, 0.15) is 52.4 Å². The number of aryl methyl sites for hydroxylation is 1. The summed E-state index contributed by atoms with van der Waals surface area (Å²) in [4.78, 5) is 28.1. The summed E-state index contributed by atoms with van der Waals surface area (Å²) in [6.45, 7) is 6.32. The number of unbranched alkanes of at least 4 members (excludes halogenated alkanes) is 1. The first-order chi connectivity index (χ1) is 14.6. The molecule has 1 fully saturated rings. The normalized spacial score (nSPS) is 16.1. The smallest absolute Gasteiger partial charge is 0.262 e. The number of hydrogen-bond acceptors (Lipinski definition) is 5. The van der Waals surface area contributed by atoms with E-state index in [-0.39, 0.29) is 16.7 Å². The van der Waals surface area contributed by atoms with E-state index in [1.807, 2.05) is 40.5 Å². The molecule has 0 saturated carbocycles. The Bertz CT molecular complexity index is 1100. The number of amides is 1. The summed E-state index contributed by atoms with van der Waals surface area (Å²) in [6, 6.07) is 7.56. The van der Waals surface area contributed by atoms with Gasteiger partial charge < -0.3 is 4.90 Å². The van der Waals surface area contributed by atoms with Crippen molar-refractivity contribution in [3.05, 3.63) is 34.6 Å². The van der Waals surface area contributed by atoms with Gasteiger partial charge in [-0.15, -0.1) is 10.2 Å². The Morgan fingerprint density at radius 1 is 1.13 bits per heavy atom. The molecule has 0 N–H and O–H groups in total. The van der Waals surface area contributed by atoms with Crippen LogP contribution in [-0.4, -0.2) is 48.3 Å². The third kappa shape index (κ3) is 3.97. The quantitative estimate of drug-likeness (QED) is 0.561. The zero-order valence-corrected chi connectivity index (χ0v) is 18.5. The summed E-state index contributed by atoms with van der Waals surface area (Å²) >= 11 is 1.42. The highest BCUT2D eigenvalue weighted by Gasteiger charge is 2.25. The van der Waals surface area contributed by atoms with Crippen molar-refractivity contribution in [2.45, 2.75) is 69.3 Å². The highest BCUT2D eigenvalue weighted by Crippen LogP contribution is 2.27. The van der Waals surface area contributed by atoms with E-state index in [9.17, 15) is 9.59 Å². The first kappa shape index (κ1) is 20.9. The highest BCUT2D eigenvalue weighted by molar-refractivity contribution is 8.00. The zero-order chi connectivity index (χ0) is 21.1. The number of para-hydroxylation sites is 1. The summed E-state index contributed by atoms with van der Waals surface area (Å²) in [5.41, 5.74) is 0.747. The van der Waals surface area contributed by atoms with Crippen LogP contribution in [0.25, 0.3) is 16.7 Å². The van der Waals surface area contributed by atoms with E-state index in [0.29, 0.717) is 22.9 Å². The van der Waals surface area contributed by atoms with Gasteiger partial charge in [0.05, 0.1) is 16.2 Å². The topological polar surface area (TPSA) is 72.5 Å². The van der Waals surface area contributed by atoms with Crippen molar-refractivity contribution in [2.75, 3.05) is 13.1 Å². The molecule has 4 rings (SSSR count). The predicted octanol–water partition coefficient (Wildman–Crippen LogP) is 3.73. The molecule has 0 bridgehead atoms. The largest absolute Gasteiger partial charge is 0.342 e. The van der Waals surface area contributed by atoms with Crippen LogP contribution in [0, 0.1) is 0 Å². The molecule has 1 saturated heterocycles. The molecule has 7 nitrogen and oxygen atoms in total. The van der Waals surface area contributed by atoms with Crippen LogP contribution in [-0.2, 0) is 11.3 Å². The van der Waals surface area contributed by atoms with Gasteiger partial charge in [0.2, 0.25) is 11.7 Å². The first-order valence-electron chi connectivity index (χ1n) is 10.9. The van der Waals surface area contributed by atoms with Gasteiger partial charge in [-0.25, -0.2) is 0 Å². The monoisotopic (exact) mass is 427 g/mol. The minimum Gasteiger partial charge on any atom is -0.342 e. The molecule has 0 aliphatic carbocycles. The molecule has 3 heterocycles. The third-order valence-electron chi connectivity index (χ3n) is 5.76. The lowest BCUT2D eigenvalue weighted by molar-refractivity contribution is -0.130. The maximum absolute atomic E-state index is 13.0. The Labute approximate surface area is 180 Å². The number of aromatic nitrogens is 4. The number of nitrogens with zero attached hydrogens (tertiary/aromatic N) is 5. The molecule has 1 aliphatic rings. The maximum atomic E-state index is 13.0. The first-order valence-corrected chi connectivity index (χ1v) is 11.8. The van der Waals surface area contributed by atoms with Crippen LogP contribution in [0.3, 0.4) is 0 Å². The van der Waals surface area contributed by atoms with Crippen molar-refractivity contribution < 1.29 is 4.79 Å². The minimum absolute atomic E-state index is 0.0378. The van der Waals surface area contributed by atoms with Crippen LogP contribution in [0.15, 0.2) is 34.2 Å². The molecule has 30 heavy (non-hydrogen) atoms. The van der Waals surface area contributed by atoms with Crippen LogP contribution in [0.2, 0.25) is 0 Å². The standard InChI is InChI=1S/C22H29N5O2S/c1-3-4-15-26-20(29)17-11-7-8-12-18(17)27-21(26)23-24-22(27)30-16(2)19(28)25-13-9-5-6-10-14-25/h7-8,11-12,16H,3-6,9-10,13-15H2,1-2H3. The molecule has 2 aromatic heterocycles. The lowest BCUT2D eigenvalue weighted by Gasteiger charge is -2.23. The van der Waals surface area contributed by atoms with Gasteiger partial charge >= 0.3 is 0 Å². The molecule has 1 aromatic carbocycles. The second-order valence-corrected chi connectivity index (χ2v) is 9.25. The Morgan fingerprint density at radius 2 is 1.87 bits per heavy atom. The molecule has 8 heteroatoms. The number of hydrogen-bond donors (Lipinski definition) is 0. The predicted molar refractivity (Wildman–Crippen MR) is 120 cm³/mol. The summed E-state index contributed by atoms with van der Waals surface area (Å²) in [5.74, 6) is 0.700. The molecule has 1 aliphatic heterocycles. The van der Waals surface area contributed by atoms with Gasteiger partial charge in [0.15, 0.2) is 5.16 Å². The van der Waals surface area contributed by atoms with Gasteiger partial charge in [0, 0.05) is 19.6 Å². The molecule has 1 amide bonds. The van der Waals surface area contributed by atoms with E-state index in [1.54, 1.807) is 4.57 Å². The number of likely N-dealkylation sites (tertiary alicyclic amines) is 1. The van der Waals surface area contributed by atoms with Crippen molar-refractivity contribution in [1.29, 1.82) is 0 Å². The molecule has 1 unspecified atom stereocenters. The van der Waals surface area contributed by atoms with E-state index >= 15 is 0 Å². The third-order valence-corrected chi connectivity index (χ3v) is 6.79. The molecular weight excluding hydrogens is 398 g/mol. The van der Waals surface area contributed by atoms with E-state index in [4.69, 9.17) is 0 Å². The van der Waals surface area contributed by atoms with Crippen molar-refractivity contribution in [2.24, 2.45) is 0 Å². The molecule has 0 radical (unpaired) electrons. The molecule has 1 atom stereocenters. The van der Waals surface area contributed by atoms with Crippen molar-refractivity contribution in [3.8, 4) is 0 Å². The minimum atomic E-state index is -0.259. The van der Waals surface area contributed by atoms with Crippen LogP contribution in [0.4, 0.5) is 0 Å². The number of benzene rings is 1. The molecule has 3 aromatic rings. The Hall–Kier alpha value is -2.35. The fraction of sp³-hybridized carbons (Fsp3) is 0.545. The molecular formula is C22H29N5O2S. The van der Waals surface area contributed by atoms with Crippen LogP contribution in [0.5, 0.6) is 0 Å². The van der Waals surface area contributed by atoms with E-state index < -0.39 is 0 Å². The van der Waals surface area contributed by atoms with Crippen molar-refractivity contribution in [1.82, 2.24) is 24.1 Å². The number of rotatable bonds is 6. The van der Waals surface area contributed by atoms with Gasteiger partial charge in [-0.1, -0.05) is 50.1 Å². The average molecular weight is 428 g/mol. The number of carbonyl (C=O) groups excluding carboxylic acids is 1. The SMILES string of the molecule is CCCCn1c(=O)c2ccccc2n2c(SC(C)C(=O)N3CCCCCC3)nnc12. The molecule has 160 valence electrons. The zero-order valence-electron chi connectivity index (χ0n) is 17.7. The van der Waals surface area contributed by atoms with Crippen molar-refractivity contribution >= 4 is 34.3 Å². The Kier molecular flexibility index (Phi) is 6.41. The summed E-state index contributed by atoms with van der Waals surface area (Å²) < 4.78 is 3.65. The van der Waals surface area contributed by atoms with Gasteiger partial charge in [-0.05, 0) is 38.3 Å². The van der Waals surface area contributed by atoms with Crippen LogP contribution < -0.4 is 5.56 Å². The van der Waals surface area contributed by atoms with Gasteiger partial charge in [-0.3, -0.25) is 18.6 Å². The second kappa shape index (κ2) is 9.20. The molecule has 0 spiro atoms. The lowest BCUT2D eigenvalue weighted by Crippen LogP contribution is -2.37. The maximum Gasteiger partial charge on any atom is 0.262 e. The van der Waals surface area contributed by atoms with Crippen molar-refractivity contribution in [3.63, 3.8) is 0 Å². The van der Waals surface area contributed by atoms with E-state index in [2.05, 4.69) is 17.1 Å². The van der Waals surface area contributed by atoms with Gasteiger partial charge in [0.25, 0.3) is 5.56 Å². The fourth-order valence-electron chi connectivity index (χ4n) is 4.08. The average Bonchev–Trinajstić information content (AvgIpc) is 2.98. The summed E-state index contributed by atoms with van der Waals surface area (Å²) in [7, 11) is 0. The van der Waals surface area contributed by atoms with E-state index in [1.165, 1.54) is 24.6 Å². The highest BCUT2D eigenvalue weighted by atomic mass is 32.2. The lowest BCUT2D eigenvalue weighted by atomic mass is 10.2. The van der Waals surface area contributed by atoms with Gasteiger partial charge in [0.1, 0.15) is 0 Å². The summed E-state index contributed by atoms with van der Waals surface area (Å²) in [6.07, 6.45) is 6.43. The van der Waals surface area contributed by atoms with Gasteiger partial charge in [-0.2, -0.15) is 0 Å². The number of carbonyl (C=O) groups is 1. The van der Waals surface area contributed by atoms with Crippen LogP contribution >= 0.6 is 11.8 Å². The Morgan fingerprint density at radius 3 is 2.60 bits per heavy atom.